The zero-order valence-corrected chi connectivity index (χ0v) is 15.0. The fourth-order valence-electron chi connectivity index (χ4n) is 1.92. The minimum Gasteiger partial charge on any atom is -0.494 e. The molecule has 0 bridgehead atoms. The molecule has 0 aliphatic heterocycles. The van der Waals surface area contributed by atoms with Crippen molar-refractivity contribution in [3.63, 3.8) is 0 Å². The molecule has 0 fully saturated rings. The van der Waals surface area contributed by atoms with E-state index in [1.54, 1.807) is 6.07 Å². The normalized spacial score (nSPS) is 11.1. The van der Waals surface area contributed by atoms with Crippen LogP contribution in [0.25, 0.3) is 0 Å². The van der Waals surface area contributed by atoms with Crippen LogP contribution in [0.1, 0.15) is 12.0 Å². The third kappa shape index (κ3) is 4.75. The van der Waals surface area contributed by atoms with Crippen molar-refractivity contribution in [3.8, 4) is 5.75 Å². The summed E-state index contributed by atoms with van der Waals surface area (Å²) in [5.74, 6) is -1.12. The van der Waals surface area contributed by atoms with E-state index in [1.807, 2.05) is 4.72 Å². The van der Waals surface area contributed by atoms with E-state index in [0.717, 1.165) is 6.20 Å². The van der Waals surface area contributed by atoms with Gasteiger partial charge in [-0.1, -0.05) is 6.07 Å². The highest BCUT2D eigenvalue weighted by molar-refractivity contribution is 9.10. The molecule has 128 valence electrons. The van der Waals surface area contributed by atoms with Gasteiger partial charge in [0.25, 0.3) is 10.0 Å². The van der Waals surface area contributed by atoms with Crippen LogP contribution in [0, 0.1) is 5.82 Å². The summed E-state index contributed by atoms with van der Waals surface area (Å²) < 4.78 is 45.0. The largest absolute Gasteiger partial charge is 0.494 e. The number of amides is 1. The number of methoxy groups -OCH3 is 1. The third-order valence-corrected chi connectivity index (χ3v) is 4.87. The molecular formula is C15H14BrFN2O4S. The number of aromatic nitrogens is 1. The van der Waals surface area contributed by atoms with Crippen LogP contribution in [0.5, 0.6) is 5.75 Å². The SMILES string of the molecule is COc1ccc(CCC(=O)NS(=O)(=O)c2cncc(Br)c2)cc1F. The second-order valence-corrected chi connectivity index (χ2v) is 7.43. The molecule has 9 heteroatoms. The van der Waals surface area contributed by atoms with E-state index in [-0.39, 0.29) is 23.5 Å². The predicted molar refractivity (Wildman–Crippen MR) is 88.5 cm³/mol. The van der Waals surface area contributed by atoms with Crippen molar-refractivity contribution in [3.05, 3.63) is 52.5 Å². The highest BCUT2D eigenvalue weighted by atomic mass is 79.9. The van der Waals surface area contributed by atoms with Crippen LogP contribution < -0.4 is 9.46 Å². The van der Waals surface area contributed by atoms with Gasteiger partial charge in [-0.15, -0.1) is 0 Å². The predicted octanol–water partition coefficient (Wildman–Crippen LogP) is 2.43. The maximum absolute atomic E-state index is 13.6. The molecule has 1 amide bonds. The zero-order chi connectivity index (χ0) is 17.7. The van der Waals surface area contributed by atoms with E-state index >= 15 is 0 Å². The molecular weight excluding hydrogens is 403 g/mol. The topological polar surface area (TPSA) is 85.4 Å². The number of hydrogen-bond donors (Lipinski definition) is 1. The van der Waals surface area contributed by atoms with Gasteiger partial charge in [-0.2, -0.15) is 0 Å². The van der Waals surface area contributed by atoms with E-state index in [2.05, 4.69) is 20.9 Å². The maximum Gasteiger partial charge on any atom is 0.265 e. The van der Waals surface area contributed by atoms with E-state index < -0.39 is 21.7 Å². The number of carbonyl (C=O) groups is 1. The molecule has 24 heavy (non-hydrogen) atoms. The standard InChI is InChI=1S/C15H14BrFN2O4S/c1-23-14-4-2-10(6-13(14)17)3-5-15(20)19-24(21,22)12-7-11(16)8-18-9-12/h2,4,6-9H,3,5H2,1H3,(H,19,20). The maximum atomic E-state index is 13.6. The number of ether oxygens (including phenoxy) is 1. The average Bonchev–Trinajstić information content (AvgIpc) is 2.52. The number of sulfonamides is 1. The summed E-state index contributed by atoms with van der Waals surface area (Å²) in [6.45, 7) is 0. The summed E-state index contributed by atoms with van der Waals surface area (Å²) in [4.78, 5) is 15.5. The van der Waals surface area contributed by atoms with Crippen molar-refractivity contribution in [2.45, 2.75) is 17.7 Å². The number of nitrogens with zero attached hydrogens (tertiary/aromatic N) is 1. The lowest BCUT2D eigenvalue weighted by atomic mass is 10.1. The van der Waals surface area contributed by atoms with Crippen molar-refractivity contribution in [2.24, 2.45) is 0 Å². The molecule has 2 rings (SSSR count). The first-order chi connectivity index (χ1) is 11.3. The fourth-order valence-corrected chi connectivity index (χ4v) is 3.44. The second kappa shape index (κ2) is 7.71. The van der Waals surface area contributed by atoms with Crippen LogP contribution >= 0.6 is 15.9 Å². The highest BCUT2D eigenvalue weighted by Gasteiger charge is 2.18. The Morgan fingerprint density at radius 1 is 1.33 bits per heavy atom. The number of nitrogens with one attached hydrogen (secondary N) is 1. The number of aryl methyl sites for hydroxylation is 1. The summed E-state index contributed by atoms with van der Waals surface area (Å²) in [7, 11) is -2.64. The Balaban J connectivity index is 1.99. The number of halogens is 2. The lowest BCUT2D eigenvalue weighted by Crippen LogP contribution is -2.30. The fraction of sp³-hybridized carbons (Fsp3) is 0.200. The quantitative estimate of drug-likeness (QED) is 0.781. The van der Waals surface area contributed by atoms with Crippen LogP contribution in [0.3, 0.4) is 0 Å². The first kappa shape index (κ1) is 18.3. The molecule has 2 aromatic rings. The summed E-state index contributed by atoms with van der Waals surface area (Å²) >= 11 is 3.12. The van der Waals surface area contributed by atoms with Gasteiger partial charge in [0.15, 0.2) is 11.6 Å². The lowest BCUT2D eigenvalue weighted by molar-refractivity contribution is -0.119. The van der Waals surface area contributed by atoms with Crippen molar-refractivity contribution in [2.75, 3.05) is 7.11 Å². The van der Waals surface area contributed by atoms with Gasteiger partial charge < -0.3 is 4.74 Å². The highest BCUT2D eigenvalue weighted by Crippen LogP contribution is 2.19. The molecule has 0 atom stereocenters. The van der Waals surface area contributed by atoms with Gasteiger partial charge in [-0.05, 0) is 46.1 Å². The molecule has 0 aliphatic rings. The zero-order valence-electron chi connectivity index (χ0n) is 12.6. The summed E-state index contributed by atoms with van der Waals surface area (Å²) in [6.07, 6.45) is 2.66. The number of rotatable bonds is 6. The number of pyridine rings is 1. The van der Waals surface area contributed by atoms with Crippen molar-refractivity contribution >= 4 is 31.9 Å². The van der Waals surface area contributed by atoms with Crippen molar-refractivity contribution in [1.82, 2.24) is 9.71 Å². The first-order valence-corrected chi connectivity index (χ1v) is 9.08. The van der Waals surface area contributed by atoms with Gasteiger partial charge in [0, 0.05) is 23.3 Å². The van der Waals surface area contributed by atoms with E-state index in [9.17, 15) is 17.6 Å². The Hall–Kier alpha value is -2.00. The number of carbonyl (C=O) groups excluding carboxylic acids is 1. The Labute approximate surface area is 147 Å². The van der Waals surface area contributed by atoms with E-state index in [4.69, 9.17) is 4.74 Å². The van der Waals surface area contributed by atoms with Gasteiger partial charge in [0.05, 0.1) is 7.11 Å². The molecule has 0 saturated heterocycles. The first-order valence-electron chi connectivity index (χ1n) is 6.80. The minimum atomic E-state index is -3.99. The van der Waals surface area contributed by atoms with Crippen LogP contribution in [-0.2, 0) is 21.2 Å². The second-order valence-electron chi connectivity index (χ2n) is 4.84. The van der Waals surface area contributed by atoms with E-state index in [0.29, 0.717) is 10.0 Å². The molecule has 1 aromatic carbocycles. The average molecular weight is 417 g/mol. The molecule has 0 unspecified atom stereocenters. The minimum absolute atomic E-state index is 0.105. The van der Waals surface area contributed by atoms with Gasteiger partial charge in [0.1, 0.15) is 4.90 Å². The Bertz CT molecular complexity index is 858. The van der Waals surface area contributed by atoms with E-state index in [1.165, 1.54) is 31.5 Å². The van der Waals surface area contributed by atoms with Gasteiger partial charge >= 0.3 is 0 Å². The molecule has 1 aromatic heterocycles. The summed E-state index contributed by atoms with van der Waals surface area (Å²) in [5.41, 5.74) is 0.560. The smallest absolute Gasteiger partial charge is 0.265 e. The van der Waals surface area contributed by atoms with Gasteiger partial charge in [-0.25, -0.2) is 17.5 Å². The molecule has 6 nitrogen and oxygen atoms in total. The lowest BCUT2D eigenvalue weighted by Gasteiger charge is -2.08. The summed E-state index contributed by atoms with van der Waals surface area (Å²) in [6, 6.07) is 5.65. The number of hydrogen-bond acceptors (Lipinski definition) is 5. The van der Waals surface area contributed by atoms with Crippen LogP contribution in [0.4, 0.5) is 4.39 Å². The molecule has 0 aliphatic carbocycles. The third-order valence-electron chi connectivity index (χ3n) is 3.10. The summed E-state index contributed by atoms with van der Waals surface area (Å²) in [5, 5.41) is 0. The Morgan fingerprint density at radius 3 is 2.71 bits per heavy atom. The van der Waals surface area contributed by atoms with Crippen LogP contribution in [-0.4, -0.2) is 26.4 Å². The number of benzene rings is 1. The Morgan fingerprint density at radius 2 is 2.08 bits per heavy atom. The van der Waals surface area contributed by atoms with Crippen molar-refractivity contribution in [1.29, 1.82) is 0 Å². The Kier molecular flexibility index (Phi) is 5.89. The van der Waals surface area contributed by atoms with Crippen LogP contribution in [0.15, 0.2) is 46.0 Å². The van der Waals surface area contributed by atoms with Crippen molar-refractivity contribution < 1.29 is 22.3 Å². The molecule has 1 heterocycles. The molecule has 0 saturated carbocycles. The van der Waals surface area contributed by atoms with Gasteiger partial charge in [0.2, 0.25) is 5.91 Å². The molecule has 0 spiro atoms. The molecule has 1 N–H and O–H groups in total. The van der Waals surface area contributed by atoms with Crippen LogP contribution in [0.2, 0.25) is 0 Å². The monoisotopic (exact) mass is 416 g/mol. The van der Waals surface area contributed by atoms with Gasteiger partial charge in [-0.3, -0.25) is 9.78 Å². The molecule has 0 radical (unpaired) electrons.